The van der Waals surface area contributed by atoms with Crippen LogP contribution < -0.4 is 14.8 Å². The van der Waals surface area contributed by atoms with Gasteiger partial charge in [-0.3, -0.25) is 0 Å². The van der Waals surface area contributed by atoms with Crippen LogP contribution in [-0.2, 0) is 0 Å². The molecule has 0 bridgehead atoms. The minimum absolute atomic E-state index is 0.0727. The van der Waals surface area contributed by atoms with Crippen molar-refractivity contribution in [2.75, 3.05) is 19.5 Å². The average Bonchev–Trinajstić information content (AvgIpc) is 3.16. The molecule has 1 aliphatic rings. The summed E-state index contributed by atoms with van der Waals surface area (Å²) in [5, 5.41) is 15.5. The Morgan fingerprint density at radius 2 is 1.80 bits per heavy atom. The number of anilines is 1. The van der Waals surface area contributed by atoms with E-state index in [2.05, 4.69) is 33.0 Å². The summed E-state index contributed by atoms with van der Waals surface area (Å²) in [4.78, 5) is 0. The summed E-state index contributed by atoms with van der Waals surface area (Å²) in [6, 6.07) is 16.4. The molecule has 2 heterocycles. The van der Waals surface area contributed by atoms with Gasteiger partial charge < -0.3 is 14.8 Å². The highest BCUT2D eigenvalue weighted by Gasteiger charge is 2.30. The molecule has 1 aromatic heterocycles. The largest absolute Gasteiger partial charge is 0.493 e. The monoisotopic (exact) mass is 337 g/mol. The molecule has 0 fully saturated rings. The minimum Gasteiger partial charge on any atom is -0.493 e. The molecular weight excluding hydrogens is 318 g/mol. The molecule has 1 aliphatic heterocycles. The van der Waals surface area contributed by atoms with Crippen LogP contribution in [0.3, 0.4) is 0 Å². The molecule has 0 amide bonds. The molecule has 2 atom stereocenters. The second kappa shape index (κ2) is 6.43. The summed E-state index contributed by atoms with van der Waals surface area (Å²) in [5.41, 5.74) is 2.29. The number of nitrogens with one attached hydrogen (secondary N) is 1. The Kier molecular flexibility index (Phi) is 3.97. The van der Waals surface area contributed by atoms with E-state index in [1.807, 2.05) is 41.1 Å². The highest BCUT2D eigenvalue weighted by molar-refractivity contribution is 5.46. The van der Waals surface area contributed by atoms with Crippen LogP contribution in [0.25, 0.3) is 0 Å². The van der Waals surface area contributed by atoms with E-state index >= 15 is 0 Å². The molecule has 0 unspecified atom stereocenters. The quantitative estimate of drug-likeness (QED) is 0.789. The van der Waals surface area contributed by atoms with E-state index in [-0.39, 0.29) is 12.1 Å². The summed E-state index contributed by atoms with van der Waals surface area (Å²) in [7, 11) is 3.28. The van der Waals surface area contributed by atoms with Crippen molar-refractivity contribution in [3.63, 3.8) is 0 Å². The van der Waals surface area contributed by atoms with Gasteiger partial charge in [0.25, 0.3) is 0 Å². The van der Waals surface area contributed by atoms with Crippen LogP contribution in [0.2, 0.25) is 0 Å². The Hall–Kier alpha value is -3.09. The van der Waals surface area contributed by atoms with Gasteiger partial charge in [-0.05, 0) is 40.1 Å². The van der Waals surface area contributed by atoms with E-state index in [1.165, 1.54) is 5.56 Å². The maximum absolute atomic E-state index is 5.44. The number of ether oxygens (including phenoxy) is 2. The molecule has 4 rings (SSSR count). The SMILES string of the molecule is COc1ccc([C@@H]2C[C@@H](c3ccccc3)n3nnnc3N2)cc1OC. The molecule has 0 spiro atoms. The third-order valence-corrected chi connectivity index (χ3v) is 4.54. The zero-order chi connectivity index (χ0) is 17.2. The summed E-state index contributed by atoms with van der Waals surface area (Å²) < 4.78 is 12.6. The second-order valence-electron chi connectivity index (χ2n) is 5.92. The molecule has 1 N–H and O–H groups in total. The van der Waals surface area contributed by atoms with Crippen molar-refractivity contribution in [2.24, 2.45) is 0 Å². The number of fused-ring (bicyclic) bond motifs is 1. The van der Waals surface area contributed by atoms with Gasteiger partial charge in [-0.15, -0.1) is 0 Å². The van der Waals surface area contributed by atoms with Gasteiger partial charge in [0.15, 0.2) is 11.5 Å². The van der Waals surface area contributed by atoms with Crippen molar-refractivity contribution in [3.05, 3.63) is 59.7 Å². The van der Waals surface area contributed by atoms with Crippen LogP contribution in [0.4, 0.5) is 5.95 Å². The number of rotatable bonds is 4. The van der Waals surface area contributed by atoms with Gasteiger partial charge in [0, 0.05) is 0 Å². The smallest absolute Gasteiger partial charge is 0.243 e. The summed E-state index contributed by atoms with van der Waals surface area (Å²) in [6.07, 6.45) is 0.831. The van der Waals surface area contributed by atoms with Crippen LogP contribution in [0, 0.1) is 0 Å². The topological polar surface area (TPSA) is 74.1 Å². The van der Waals surface area contributed by atoms with Gasteiger partial charge >= 0.3 is 0 Å². The first-order valence-corrected chi connectivity index (χ1v) is 8.11. The number of tetrazole rings is 1. The lowest BCUT2D eigenvalue weighted by molar-refractivity contribution is 0.353. The van der Waals surface area contributed by atoms with Crippen molar-refractivity contribution in [2.45, 2.75) is 18.5 Å². The van der Waals surface area contributed by atoms with Crippen LogP contribution in [0.5, 0.6) is 11.5 Å². The molecule has 3 aromatic rings. The summed E-state index contributed by atoms with van der Waals surface area (Å²) in [5.74, 6) is 2.09. The highest BCUT2D eigenvalue weighted by atomic mass is 16.5. The fourth-order valence-electron chi connectivity index (χ4n) is 3.28. The van der Waals surface area contributed by atoms with Gasteiger partial charge in [0.05, 0.1) is 26.3 Å². The number of hydrogen-bond acceptors (Lipinski definition) is 6. The number of aromatic nitrogens is 4. The Morgan fingerprint density at radius 3 is 2.56 bits per heavy atom. The molecule has 0 aliphatic carbocycles. The van der Waals surface area contributed by atoms with Crippen LogP contribution in [-0.4, -0.2) is 34.4 Å². The lowest BCUT2D eigenvalue weighted by atomic mass is 9.93. The highest BCUT2D eigenvalue weighted by Crippen LogP contribution is 2.39. The van der Waals surface area contributed by atoms with Crippen molar-refractivity contribution < 1.29 is 9.47 Å². The van der Waals surface area contributed by atoms with Gasteiger partial charge in [-0.1, -0.05) is 41.5 Å². The predicted octanol–water partition coefficient (Wildman–Crippen LogP) is 2.84. The van der Waals surface area contributed by atoms with Gasteiger partial charge in [-0.2, -0.15) is 0 Å². The molecule has 2 aromatic carbocycles. The fourth-order valence-corrected chi connectivity index (χ4v) is 3.28. The van der Waals surface area contributed by atoms with Crippen LogP contribution >= 0.6 is 0 Å². The zero-order valence-corrected chi connectivity index (χ0v) is 14.1. The van der Waals surface area contributed by atoms with Crippen molar-refractivity contribution in [1.82, 2.24) is 20.2 Å². The molecule has 0 saturated carbocycles. The van der Waals surface area contributed by atoms with E-state index in [0.29, 0.717) is 17.4 Å². The fraction of sp³-hybridized carbons (Fsp3) is 0.278. The first-order valence-electron chi connectivity index (χ1n) is 8.11. The van der Waals surface area contributed by atoms with Gasteiger partial charge in [0.2, 0.25) is 5.95 Å². The Bertz CT molecular complexity index is 865. The van der Waals surface area contributed by atoms with Crippen molar-refractivity contribution in [3.8, 4) is 11.5 Å². The Balaban J connectivity index is 1.71. The predicted molar refractivity (Wildman–Crippen MR) is 92.9 cm³/mol. The first-order chi connectivity index (χ1) is 12.3. The maximum atomic E-state index is 5.44. The number of methoxy groups -OCH3 is 2. The van der Waals surface area contributed by atoms with Crippen LogP contribution in [0.15, 0.2) is 48.5 Å². The lowest BCUT2D eigenvalue weighted by Gasteiger charge is -2.31. The molecule has 0 radical (unpaired) electrons. The summed E-state index contributed by atoms with van der Waals surface area (Å²) in [6.45, 7) is 0. The number of hydrogen-bond donors (Lipinski definition) is 1. The standard InChI is InChI=1S/C18H19N5O2/c1-24-16-9-8-13(10-17(16)25-2)14-11-15(12-6-4-3-5-7-12)23-18(19-14)20-21-22-23/h3-10,14-15H,11H2,1-2H3,(H,19,20,22)/t14-,15-/m0/s1. The maximum Gasteiger partial charge on any atom is 0.243 e. The minimum atomic E-state index is 0.0727. The van der Waals surface area contributed by atoms with Crippen LogP contribution in [0.1, 0.15) is 29.6 Å². The summed E-state index contributed by atoms with van der Waals surface area (Å²) >= 11 is 0. The van der Waals surface area contributed by atoms with E-state index in [0.717, 1.165) is 12.0 Å². The second-order valence-corrected chi connectivity index (χ2v) is 5.92. The molecule has 7 nitrogen and oxygen atoms in total. The normalized spacial score (nSPS) is 19.0. The number of nitrogens with zero attached hydrogens (tertiary/aromatic N) is 4. The van der Waals surface area contributed by atoms with E-state index in [4.69, 9.17) is 9.47 Å². The first kappa shape index (κ1) is 15.4. The zero-order valence-electron chi connectivity index (χ0n) is 14.1. The van der Waals surface area contributed by atoms with E-state index in [1.54, 1.807) is 14.2 Å². The average molecular weight is 337 g/mol. The molecule has 25 heavy (non-hydrogen) atoms. The van der Waals surface area contributed by atoms with Crippen molar-refractivity contribution >= 4 is 5.95 Å². The lowest BCUT2D eigenvalue weighted by Crippen LogP contribution is -2.28. The third kappa shape index (κ3) is 2.77. The Morgan fingerprint density at radius 1 is 1.00 bits per heavy atom. The number of benzene rings is 2. The van der Waals surface area contributed by atoms with E-state index < -0.39 is 0 Å². The molecular formula is C18H19N5O2. The van der Waals surface area contributed by atoms with Gasteiger partial charge in [-0.25, -0.2) is 4.68 Å². The molecule has 7 heteroatoms. The van der Waals surface area contributed by atoms with Gasteiger partial charge in [0.1, 0.15) is 0 Å². The van der Waals surface area contributed by atoms with Crippen molar-refractivity contribution in [1.29, 1.82) is 0 Å². The third-order valence-electron chi connectivity index (χ3n) is 4.54. The Labute approximate surface area is 145 Å². The molecule has 0 saturated heterocycles. The van der Waals surface area contributed by atoms with E-state index in [9.17, 15) is 0 Å². The molecule has 128 valence electrons.